The van der Waals surface area contributed by atoms with Gasteiger partial charge in [0.2, 0.25) is 9.84 Å². The molecule has 1 unspecified atom stereocenters. The summed E-state index contributed by atoms with van der Waals surface area (Å²) in [5.41, 5.74) is 0.681. The van der Waals surface area contributed by atoms with Crippen LogP contribution in [0.25, 0.3) is 10.8 Å². The molecule has 0 saturated carbocycles. The first-order chi connectivity index (χ1) is 12.0. The van der Waals surface area contributed by atoms with Crippen molar-refractivity contribution in [1.29, 1.82) is 0 Å². The van der Waals surface area contributed by atoms with E-state index in [0.717, 1.165) is 10.8 Å². The number of rotatable bonds is 5. The van der Waals surface area contributed by atoms with Crippen LogP contribution in [0.2, 0.25) is 0 Å². The predicted molar refractivity (Wildman–Crippen MR) is 102 cm³/mol. The predicted octanol–water partition coefficient (Wildman–Crippen LogP) is 3.90. The van der Waals surface area contributed by atoms with Crippen LogP contribution in [0.1, 0.15) is 10.9 Å². The minimum Gasteiger partial charge on any atom is -0.369 e. The largest absolute Gasteiger partial charge is 0.369 e. The summed E-state index contributed by atoms with van der Waals surface area (Å²) in [6.45, 7) is 0. The van der Waals surface area contributed by atoms with Crippen molar-refractivity contribution in [3.05, 3.63) is 78.4 Å². The maximum absolute atomic E-state index is 13.3. The molecule has 3 aromatic rings. The maximum Gasteiger partial charge on any atom is 0.205 e. The Labute approximate surface area is 148 Å². The van der Waals surface area contributed by atoms with Crippen molar-refractivity contribution in [3.63, 3.8) is 0 Å². The lowest BCUT2D eigenvalue weighted by Gasteiger charge is -2.17. The molecule has 4 nitrogen and oxygen atoms in total. The molecule has 0 fully saturated rings. The van der Waals surface area contributed by atoms with Crippen molar-refractivity contribution in [3.8, 4) is 0 Å². The average molecular weight is 352 g/mol. The molecule has 5 heteroatoms. The highest BCUT2D eigenvalue weighted by atomic mass is 32.2. The third-order valence-electron chi connectivity index (χ3n) is 3.89. The first-order valence-electron chi connectivity index (χ1n) is 7.96. The van der Waals surface area contributed by atoms with E-state index in [4.69, 9.17) is 0 Å². The fourth-order valence-electron chi connectivity index (χ4n) is 2.73. The van der Waals surface area contributed by atoms with E-state index >= 15 is 0 Å². The van der Waals surface area contributed by atoms with Crippen molar-refractivity contribution in [2.75, 3.05) is 14.1 Å². The van der Waals surface area contributed by atoms with Gasteiger partial charge in [0.1, 0.15) is 0 Å². The molecule has 25 heavy (non-hydrogen) atoms. The van der Waals surface area contributed by atoms with Crippen LogP contribution in [0.5, 0.6) is 0 Å². The van der Waals surface area contributed by atoms with Crippen LogP contribution in [0, 0.1) is 0 Å². The van der Waals surface area contributed by atoms with Crippen molar-refractivity contribution >= 4 is 26.9 Å². The second kappa shape index (κ2) is 7.07. The van der Waals surface area contributed by atoms with Gasteiger partial charge in [-0.3, -0.25) is 4.99 Å². The summed E-state index contributed by atoms with van der Waals surface area (Å²) in [7, 11) is -0.0293. The molecule has 3 aromatic carbocycles. The molecule has 0 saturated heterocycles. The summed E-state index contributed by atoms with van der Waals surface area (Å²) in [6.07, 6.45) is 1.55. The van der Waals surface area contributed by atoms with Gasteiger partial charge in [-0.15, -0.1) is 0 Å². The SMILES string of the molecule is CN(C)C=NC(c1cccc2ccccc12)S(=O)(=O)c1ccccc1. The summed E-state index contributed by atoms with van der Waals surface area (Å²) in [5, 5.41) is 0.891. The van der Waals surface area contributed by atoms with E-state index in [2.05, 4.69) is 4.99 Å². The standard InChI is InChI=1S/C20H20N2O2S/c1-22(2)15-21-20(25(23,24)17-11-4-3-5-12-17)19-14-8-10-16-9-6-7-13-18(16)19/h3-15,20H,1-2H3. The fourth-order valence-corrected chi connectivity index (χ4v) is 4.28. The van der Waals surface area contributed by atoms with Gasteiger partial charge in [-0.1, -0.05) is 60.7 Å². The fraction of sp³-hybridized carbons (Fsp3) is 0.150. The third-order valence-corrected chi connectivity index (χ3v) is 5.78. The molecular formula is C20H20N2O2S. The van der Waals surface area contributed by atoms with Gasteiger partial charge in [0.15, 0.2) is 5.37 Å². The van der Waals surface area contributed by atoms with Crippen molar-refractivity contribution in [2.45, 2.75) is 10.3 Å². The normalized spacial score (nSPS) is 13.2. The van der Waals surface area contributed by atoms with Gasteiger partial charge in [0.25, 0.3) is 0 Å². The first-order valence-corrected chi connectivity index (χ1v) is 9.51. The Morgan fingerprint density at radius 3 is 2.24 bits per heavy atom. The van der Waals surface area contributed by atoms with E-state index in [1.807, 2.05) is 56.6 Å². The van der Waals surface area contributed by atoms with Crippen molar-refractivity contribution in [2.24, 2.45) is 4.99 Å². The zero-order valence-electron chi connectivity index (χ0n) is 14.2. The molecule has 0 amide bonds. The van der Waals surface area contributed by atoms with Gasteiger partial charge in [-0.05, 0) is 28.5 Å². The third kappa shape index (κ3) is 3.56. The highest BCUT2D eigenvalue weighted by Crippen LogP contribution is 2.34. The molecule has 0 radical (unpaired) electrons. The highest BCUT2D eigenvalue weighted by Gasteiger charge is 2.29. The highest BCUT2D eigenvalue weighted by molar-refractivity contribution is 7.91. The second-order valence-corrected chi connectivity index (χ2v) is 8.01. The van der Waals surface area contributed by atoms with E-state index in [0.29, 0.717) is 5.56 Å². The van der Waals surface area contributed by atoms with Crippen LogP contribution in [0.4, 0.5) is 0 Å². The Morgan fingerprint density at radius 1 is 0.880 bits per heavy atom. The Bertz CT molecular complexity index is 991. The van der Waals surface area contributed by atoms with Crippen LogP contribution in [-0.4, -0.2) is 33.8 Å². The topological polar surface area (TPSA) is 49.7 Å². The second-order valence-electron chi connectivity index (χ2n) is 6.01. The van der Waals surface area contributed by atoms with Gasteiger partial charge in [-0.2, -0.15) is 0 Å². The lowest BCUT2D eigenvalue weighted by molar-refractivity contribution is 0.581. The maximum atomic E-state index is 13.3. The van der Waals surface area contributed by atoms with Crippen LogP contribution < -0.4 is 0 Å². The van der Waals surface area contributed by atoms with E-state index < -0.39 is 15.2 Å². The van der Waals surface area contributed by atoms with Crippen LogP contribution in [0.15, 0.2) is 82.7 Å². The van der Waals surface area contributed by atoms with Gasteiger partial charge < -0.3 is 4.90 Å². The molecule has 1 atom stereocenters. The first kappa shape index (κ1) is 17.2. The number of hydrogen-bond donors (Lipinski definition) is 0. The minimum absolute atomic E-state index is 0.267. The lowest BCUT2D eigenvalue weighted by Crippen LogP contribution is -2.16. The number of nitrogens with zero attached hydrogens (tertiary/aromatic N) is 2. The monoisotopic (exact) mass is 352 g/mol. The van der Waals surface area contributed by atoms with E-state index in [-0.39, 0.29) is 4.90 Å². The summed E-state index contributed by atoms with van der Waals surface area (Å²) in [4.78, 5) is 6.41. The van der Waals surface area contributed by atoms with Crippen molar-refractivity contribution < 1.29 is 8.42 Å². The molecule has 128 valence electrons. The Hall–Kier alpha value is -2.66. The zero-order chi connectivity index (χ0) is 17.9. The minimum atomic E-state index is -3.67. The molecule has 0 aliphatic rings. The van der Waals surface area contributed by atoms with E-state index in [9.17, 15) is 8.42 Å². The summed E-state index contributed by atoms with van der Waals surface area (Å²) in [6, 6.07) is 21.9. The van der Waals surface area contributed by atoms with Crippen molar-refractivity contribution in [1.82, 2.24) is 4.90 Å². The van der Waals surface area contributed by atoms with Gasteiger partial charge in [-0.25, -0.2) is 8.42 Å². The molecule has 0 bridgehead atoms. The van der Waals surface area contributed by atoms with Gasteiger partial charge in [0, 0.05) is 14.1 Å². The molecule has 0 N–H and O–H groups in total. The number of sulfone groups is 1. The van der Waals surface area contributed by atoms with Crippen LogP contribution in [0.3, 0.4) is 0 Å². The van der Waals surface area contributed by atoms with Gasteiger partial charge in [0.05, 0.1) is 11.2 Å². The average Bonchev–Trinajstić information content (AvgIpc) is 2.62. The van der Waals surface area contributed by atoms with Gasteiger partial charge >= 0.3 is 0 Å². The molecule has 0 aliphatic heterocycles. The summed E-state index contributed by atoms with van der Waals surface area (Å²) >= 11 is 0. The zero-order valence-corrected chi connectivity index (χ0v) is 15.0. The summed E-state index contributed by atoms with van der Waals surface area (Å²) < 4.78 is 26.5. The molecular weight excluding hydrogens is 332 g/mol. The summed E-state index contributed by atoms with van der Waals surface area (Å²) in [5.74, 6) is 0. The lowest BCUT2D eigenvalue weighted by atomic mass is 10.0. The Morgan fingerprint density at radius 2 is 1.52 bits per heavy atom. The smallest absolute Gasteiger partial charge is 0.205 e. The molecule has 0 aromatic heterocycles. The van der Waals surface area contributed by atoms with E-state index in [1.165, 1.54) is 0 Å². The number of hydrogen-bond acceptors (Lipinski definition) is 3. The quantitative estimate of drug-likeness (QED) is 0.517. The molecule has 0 aliphatic carbocycles. The number of aliphatic imine (C=N–C) groups is 1. The molecule has 3 rings (SSSR count). The Balaban J connectivity index is 2.22. The molecule has 0 spiro atoms. The van der Waals surface area contributed by atoms with E-state index in [1.54, 1.807) is 41.6 Å². The number of fused-ring (bicyclic) bond motifs is 1. The Kier molecular flexibility index (Phi) is 4.86. The van der Waals surface area contributed by atoms with Crippen LogP contribution in [-0.2, 0) is 9.84 Å². The molecule has 0 heterocycles. The van der Waals surface area contributed by atoms with Crippen LogP contribution >= 0.6 is 0 Å². The number of benzene rings is 3.